The van der Waals surface area contributed by atoms with Crippen LogP contribution in [0.25, 0.3) is 6.08 Å². The third-order valence-corrected chi connectivity index (χ3v) is 6.27. The van der Waals surface area contributed by atoms with E-state index in [2.05, 4.69) is 4.90 Å². The van der Waals surface area contributed by atoms with Gasteiger partial charge in [0.25, 0.3) is 11.8 Å². The molecule has 1 fully saturated rings. The Hall–Kier alpha value is -4.79. The number of barbiturate groups is 1. The summed E-state index contributed by atoms with van der Waals surface area (Å²) in [6, 6.07) is 14.0. The molecule has 3 aromatic rings. The molecule has 4 aliphatic rings. The van der Waals surface area contributed by atoms with E-state index in [1.165, 1.54) is 20.2 Å². The molecule has 0 spiro atoms. The van der Waals surface area contributed by atoms with Crippen LogP contribution in [0.4, 0.5) is 21.9 Å². The van der Waals surface area contributed by atoms with Gasteiger partial charge in [0.15, 0.2) is 34.5 Å². The SMILES string of the molecule is CN1C(=O)C(=Cc2cc3c4c(c2)Oc2cccc5c2N4c2c(cccc2O3)O5)C(=O)N(C)C1=O. The monoisotopic (exact) mass is 453 g/mol. The van der Waals surface area contributed by atoms with Crippen LogP contribution in [-0.4, -0.2) is 41.7 Å². The molecule has 34 heavy (non-hydrogen) atoms. The lowest BCUT2D eigenvalue weighted by Gasteiger charge is -2.41. The molecule has 4 aliphatic heterocycles. The number of amides is 4. The van der Waals surface area contributed by atoms with Gasteiger partial charge < -0.3 is 14.2 Å². The van der Waals surface area contributed by atoms with Crippen molar-refractivity contribution in [3.05, 3.63) is 59.7 Å². The maximum Gasteiger partial charge on any atom is 0.333 e. The molecule has 3 aromatic carbocycles. The average Bonchev–Trinajstić information content (AvgIpc) is 2.84. The first-order valence-electron chi connectivity index (χ1n) is 10.5. The molecule has 0 N–H and O–H groups in total. The number of carbonyl (C=O) groups excluding carboxylic acids is 3. The van der Waals surface area contributed by atoms with Crippen molar-refractivity contribution in [3.8, 4) is 34.5 Å². The lowest BCUT2D eigenvalue weighted by molar-refractivity contribution is -0.134. The number of hydrogen-bond donors (Lipinski definition) is 0. The number of likely N-dealkylation sites (N-methyl/N-ethyl adjacent to an activating group) is 2. The summed E-state index contributed by atoms with van der Waals surface area (Å²) in [7, 11) is 2.68. The second-order valence-electron chi connectivity index (χ2n) is 8.28. The zero-order chi connectivity index (χ0) is 23.3. The van der Waals surface area contributed by atoms with Gasteiger partial charge in [0.2, 0.25) is 0 Å². The number of rotatable bonds is 1. The molecule has 4 amide bonds. The first-order valence-corrected chi connectivity index (χ1v) is 10.5. The van der Waals surface area contributed by atoms with Gasteiger partial charge in [-0.15, -0.1) is 0 Å². The Morgan fingerprint density at radius 3 is 1.53 bits per heavy atom. The zero-order valence-corrected chi connectivity index (χ0v) is 18.0. The molecule has 7 rings (SSSR count). The van der Waals surface area contributed by atoms with Crippen LogP contribution in [-0.2, 0) is 9.59 Å². The van der Waals surface area contributed by atoms with E-state index in [4.69, 9.17) is 14.2 Å². The van der Waals surface area contributed by atoms with Gasteiger partial charge in [0, 0.05) is 14.1 Å². The predicted molar refractivity (Wildman–Crippen MR) is 120 cm³/mol. The lowest BCUT2D eigenvalue weighted by atomic mass is 10.0. The van der Waals surface area contributed by atoms with Crippen molar-refractivity contribution in [2.24, 2.45) is 0 Å². The smallest absolute Gasteiger partial charge is 0.333 e. The Bertz CT molecular complexity index is 1440. The number of benzene rings is 3. The van der Waals surface area contributed by atoms with Crippen molar-refractivity contribution in [1.29, 1.82) is 0 Å². The highest BCUT2D eigenvalue weighted by Gasteiger charge is 2.42. The van der Waals surface area contributed by atoms with Crippen molar-refractivity contribution >= 4 is 41.0 Å². The van der Waals surface area contributed by atoms with E-state index in [0.29, 0.717) is 45.7 Å². The minimum atomic E-state index is -0.675. The molecular weight excluding hydrogens is 438 g/mol. The van der Waals surface area contributed by atoms with Crippen LogP contribution in [0.2, 0.25) is 0 Å². The van der Waals surface area contributed by atoms with E-state index in [-0.39, 0.29) is 5.57 Å². The van der Waals surface area contributed by atoms with Crippen molar-refractivity contribution in [1.82, 2.24) is 9.80 Å². The van der Waals surface area contributed by atoms with Crippen LogP contribution in [0, 0.1) is 0 Å². The van der Waals surface area contributed by atoms with Gasteiger partial charge in [-0.3, -0.25) is 24.3 Å². The Balaban J connectivity index is 1.43. The third kappa shape index (κ3) is 2.25. The fourth-order valence-electron chi connectivity index (χ4n) is 4.67. The highest BCUT2D eigenvalue weighted by Crippen LogP contribution is 2.66. The molecule has 0 aromatic heterocycles. The Kier molecular flexibility index (Phi) is 3.40. The Labute approximate surface area is 192 Å². The minimum Gasteiger partial charge on any atom is -0.453 e. The number of ether oxygens (including phenoxy) is 3. The molecule has 0 saturated carbocycles. The quantitative estimate of drug-likeness (QED) is 0.258. The molecule has 166 valence electrons. The molecule has 1 saturated heterocycles. The molecule has 9 nitrogen and oxygen atoms in total. The number of hydrogen-bond acceptors (Lipinski definition) is 7. The maximum absolute atomic E-state index is 12.7. The standard InChI is InChI=1S/C25H15N3O6/c1-26-23(29)13(24(30)27(2)25(26)31)9-12-10-18-22-19(11-12)34-17-8-4-6-15-21(17)28(22)20-14(32-15)5-3-7-16(20)33-18/h3-11H,1-2H3. The van der Waals surface area contributed by atoms with Crippen molar-refractivity contribution < 1.29 is 28.6 Å². The number of para-hydroxylation sites is 2. The van der Waals surface area contributed by atoms with Gasteiger partial charge in [-0.1, -0.05) is 12.1 Å². The molecule has 0 atom stereocenters. The first-order chi connectivity index (χ1) is 16.4. The van der Waals surface area contributed by atoms with Gasteiger partial charge in [-0.25, -0.2) is 4.79 Å². The molecule has 0 bridgehead atoms. The second-order valence-corrected chi connectivity index (χ2v) is 8.28. The summed E-state index contributed by atoms with van der Waals surface area (Å²) in [5, 5.41) is 0. The number of nitrogens with zero attached hydrogens (tertiary/aromatic N) is 3. The van der Waals surface area contributed by atoms with Crippen LogP contribution in [0.5, 0.6) is 34.5 Å². The van der Waals surface area contributed by atoms with Crippen molar-refractivity contribution in [3.63, 3.8) is 0 Å². The molecule has 0 unspecified atom stereocenters. The van der Waals surface area contributed by atoms with E-state index in [0.717, 1.165) is 21.2 Å². The minimum absolute atomic E-state index is 0.125. The summed E-state index contributed by atoms with van der Waals surface area (Å²) in [5.74, 6) is 2.23. The second kappa shape index (κ2) is 6.16. The summed E-state index contributed by atoms with van der Waals surface area (Å²) in [6.45, 7) is 0. The maximum atomic E-state index is 12.7. The number of carbonyl (C=O) groups is 3. The zero-order valence-electron chi connectivity index (χ0n) is 18.0. The lowest BCUT2D eigenvalue weighted by Crippen LogP contribution is -2.52. The summed E-state index contributed by atoms with van der Waals surface area (Å²) in [4.78, 5) is 41.3. The van der Waals surface area contributed by atoms with Crippen LogP contribution >= 0.6 is 0 Å². The van der Waals surface area contributed by atoms with Gasteiger partial charge in [-0.05, 0) is 48.0 Å². The van der Waals surface area contributed by atoms with Crippen molar-refractivity contribution in [2.75, 3.05) is 19.0 Å². The van der Waals surface area contributed by atoms with Gasteiger partial charge in [-0.2, -0.15) is 0 Å². The largest absolute Gasteiger partial charge is 0.453 e. The molecule has 0 radical (unpaired) electrons. The van der Waals surface area contributed by atoms with Gasteiger partial charge in [0.05, 0.1) is 0 Å². The number of urea groups is 1. The van der Waals surface area contributed by atoms with Gasteiger partial charge >= 0.3 is 6.03 Å². The van der Waals surface area contributed by atoms with E-state index in [1.54, 1.807) is 12.1 Å². The molecular formula is C25H15N3O6. The summed E-state index contributed by atoms with van der Waals surface area (Å²) >= 11 is 0. The fourth-order valence-corrected chi connectivity index (χ4v) is 4.67. The number of anilines is 3. The highest BCUT2D eigenvalue weighted by molar-refractivity contribution is 6.30. The Morgan fingerprint density at radius 2 is 1.06 bits per heavy atom. The third-order valence-electron chi connectivity index (χ3n) is 6.27. The molecule has 4 heterocycles. The fraction of sp³-hybridized carbons (Fsp3) is 0.0800. The van der Waals surface area contributed by atoms with Crippen LogP contribution in [0.3, 0.4) is 0 Å². The van der Waals surface area contributed by atoms with E-state index in [1.807, 2.05) is 36.4 Å². The van der Waals surface area contributed by atoms with E-state index in [9.17, 15) is 14.4 Å². The Morgan fingerprint density at radius 1 is 0.647 bits per heavy atom. The summed E-state index contributed by atoms with van der Waals surface area (Å²) < 4.78 is 18.5. The van der Waals surface area contributed by atoms with E-state index < -0.39 is 17.8 Å². The summed E-state index contributed by atoms with van der Waals surface area (Å²) in [5.41, 5.74) is 2.67. The average molecular weight is 453 g/mol. The number of imide groups is 2. The van der Waals surface area contributed by atoms with Crippen LogP contribution < -0.4 is 19.1 Å². The normalized spacial score (nSPS) is 16.6. The van der Waals surface area contributed by atoms with Gasteiger partial charge in [0.1, 0.15) is 22.6 Å². The molecule has 9 heteroatoms. The van der Waals surface area contributed by atoms with Crippen LogP contribution in [0.15, 0.2) is 54.1 Å². The topological polar surface area (TPSA) is 88.6 Å². The highest BCUT2D eigenvalue weighted by atomic mass is 16.5. The summed E-state index contributed by atoms with van der Waals surface area (Å²) in [6.07, 6.45) is 1.45. The first kappa shape index (κ1) is 18.8. The van der Waals surface area contributed by atoms with Crippen LogP contribution in [0.1, 0.15) is 5.56 Å². The van der Waals surface area contributed by atoms with E-state index >= 15 is 0 Å². The predicted octanol–water partition coefficient (Wildman–Crippen LogP) is 4.91. The molecule has 0 aliphatic carbocycles. The van der Waals surface area contributed by atoms with Crippen molar-refractivity contribution in [2.45, 2.75) is 0 Å².